The first kappa shape index (κ1) is 23.2. The van der Waals surface area contributed by atoms with Gasteiger partial charge in [-0.3, -0.25) is 4.28 Å². The Morgan fingerprint density at radius 1 is 1.10 bits per heavy atom. The minimum Gasteiger partial charge on any atom is -0.497 e. The number of ether oxygens (including phenoxy) is 1. The van der Waals surface area contributed by atoms with E-state index in [4.69, 9.17) is 9.02 Å². The summed E-state index contributed by atoms with van der Waals surface area (Å²) >= 11 is 2.42. The van der Waals surface area contributed by atoms with Gasteiger partial charge in [0.2, 0.25) is 0 Å². The van der Waals surface area contributed by atoms with Crippen molar-refractivity contribution in [3.8, 4) is 11.8 Å². The molecule has 0 aliphatic heterocycles. The molecule has 0 saturated heterocycles. The molecule has 0 bridgehead atoms. The smallest absolute Gasteiger partial charge is 0.332 e. The summed E-state index contributed by atoms with van der Waals surface area (Å²) in [5.74, 6) is 0.292. The summed E-state index contributed by atoms with van der Waals surface area (Å²) in [5.41, 5.74) is 2.06. The van der Waals surface area contributed by atoms with Gasteiger partial charge in [0.1, 0.15) is 17.6 Å². The van der Waals surface area contributed by atoms with Gasteiger partial charge in [-0.2, -0.15) is 13.7 Å². The Morgan fingerprint density at radius 2 is 1.69 bits per heavy atom. The number of aryl methyl sites for hydroxylation is 1. The first-order valence-corrected chi connectivity index (χ1v) is 11.6. The lowest BCUT2D eigenvalue weighted by Crippen LogP contribution is -2.10. The fourth-order valence-electron chi connectivity index (χ4n) is 2.45. The van der Waals surface area contributed by atoms with Crippen LogP contribution in [0.1, 0.15) is 37.0 Å². The van der Waals surface area contributed by atoms with Crippen LogP contribution in [0.25, 0.3) is 0 Å². The van der Waals surface area contributed by atoms with Crippen LogP contribution in [0, 0.1) is 11.3 Å². The van der Waals surface area contributed by atoms with Gasteiger partial charge in [-0.1, -0.05) is 65.9 Å². The zero-order valence-electron chi connectivity index (χ0n) is 16.6. The number of benzene rings is 2. The van der Waals surface area contributed by atoms with Crippen molar-refractivity contribution in [3.05, 3.63) is 65.2 Å². The molecule has 0 spiro atoms. The van der Waals surface area contributed by atoms with Crippen molar-refractivity contribution in [2.45, 2.75) is 35.9 Å². The second kappa shape index (κ2) is 10.1. The zero-order chi connectivity index (χ0) is 21.5. The number of hydrogen-bond acceptors (Lipinski definition) is 6. The summed E-state index contributed by atoms with van der Waals surface area (Å²) in [4.78, 5) is 0. The molecule has 0 aliphatic carbocycles. The van der Waals surface area contributed by atoms with Gasteiger partial charge >= 0.3 is 10.1 Å². The Morgan fingerprint density at radius 3 is 2.21 bits per heavy atom. The highest BCUT2D eigenvalue weighted by Crippen LogP contribution is 2.23. The van der Waals surface area contributed by atoms with Crippen LogP contribution >= 0.6 is 22.6 Å². The van der Waals surface area contributed by atoms with Gasteiger partial charge in [0, 0.05) is 8.99 Å². The number of alkyl halides is 1. The van der Waals surface area contributed by atoms with E-state index in [-0.39, 0.29) is 14.9 Å². The Bertz CT molecular complexity index is 987. The predicted octanol–water partition coefficient (Wildman–Crippen LogP) is 4.62. The maximum atomic E-state index is 12.2. The summed E-state index contributed by atoms with van der Waals surface area (Å²) in [6.07, 6.45) is 1.96. The number of hydrogen-bond donors (Lipinski definition) is 0. The van der Waals surface area contributed by atoms with E-state index in [1.165, 1.54) is 7.11 Å². The number of halogens is 1. The molecule has 0 unspecified atom stereocenters. The van der Waals surface area contributed by atoms with Crippen LogP contribution in [0.2, 0.25) is 0 Å². The minimum absolute atomic E-state index is 0.131. The van der Waals surface area contributed by atoms with Crippen molar-refractivity contribution in [2.24, 2.45) is 5.16 Å². The molecule has 0 amide bonds. The number of rotatable bonds is 9. The maximum absolute atomic E-state index is 12.2. The summed E-state index contributed by atoms with van der Waals surface area (Å²) < 4.78 is 34.5. The molecule has 0 aliphatic rings. The molecule has 6 nitrogen and oxygen atoms in total. The largest absolute Gasteiger partial charge is 0.497 e. The van der Waals surface area contributed by atoms with Gasteiger partial charge < -0.3 is 4.74 Å². The molecular formula is C21H23IN2O4S. The van der Waals surface area contributed by atoms with Crippen LogP contribution in [0.4, 0.5) is 0 Å². The molecule has 154 valence electrons. The van der Waals surface area contributed by atoms with Crippen LogP contribution in [-0.4, -0.2) is 24.7 Å². The number of nitrogens with zero attached hydrogens (tertiary/aromatic N) is 2. The third-order valence-electron chi connectivity index (χ3n) is 4.09. The van der Waals surface area contributed by atoms with E-state index in [2.05, 4.69) is 41.6 Å². The summed E-state index contributed by atoms with van der Waals surface area (Å²) in [5, 5.41) is 12.8. The van der Waals surface area contributed by atoms with Gasteiger partial charge in [0.25, 0.3) is 0 Å². The molecule has 0 fully saturated rings. The number of nitriles is 1. The van der Waals surface area contributed by atoms with Crippen molar-refractivity contribution in [2.75, 3.05) is 7.11 Å². The van der Waals surface area contributed by atoms with Gasteiger partial charge in [0.05, 0.1) is 7.11 Å². The van der Waals surface area contributed by atoms with E-state index in [1.54, 1.807) is 36.4 Å². The Kier molecular flexibility index (Phi) is 8.05. The quantitative estimate of drug-likeness (QED) is 0.206. The first-order valence-electron chi connectivity index (χ1n) is 8.92. The summed E-state index contributed by atoms with van der Waals surface area (Å²) in [6.45, 7) is 4.35. The fraction of sp³-hybridized carbons (Fsp3) is 0.333. The molecule has 2 aromatic rings. The lowest BCUT2D eigenvalue weighted by atomic mass is 10.0. The second-order valence-electron chi connectivity index (χ2n) is 7.09. The molecule has 29 heavy (non-hydrogen) atoms. The average Bonchev–Trinajstić information content (AvgIpc) is 2.67. The molecule has 0 saturated carbocycles. The molecule has 0 atom stereocenters. The van der Waals surface area contributed by atoms with Crippen LogP contribution in [0.3, 0.4) is 0 Å². The highest BCUT2D eigenvalue weighted by atomic mass is 127. The maximum Gasteiger partial charge on any atom is 0.332 e. The standard InChI is InChI=1S/C21H23IN2O4S/c1-21(2,22)13-12-16-4-6-17(7-5-16)15-29(25,26)28-24-20(14-23)18-8-10-19(27-3)11-9-18/h4-11H,12-13,15H2,1-3H3. The van der Waals surface area contributed by atoms with Gasteiger partial charge in [-0.25, -0.2) is 0 Å². The monoisotopic (exact) mass is 526 g/mol. The number of methoxy groups -OCH3 is 1. The molecule has 0 radical (unpaired) electrons. The molecule has 0 N–H and O–H groups in total. The van der Waals surface area contributed by atoms with Gasteiger partial charge in [0.15, 0.2) is 5.71 Å². The van der Waals surface area contributed by atoms with Crippen LogP contribution in [0.15, 0.2) is 53.7 Å². The second-order valence-corrected chi connectivity index (χ2v) is 11.6. The first-order chi connectivity index (χ1) is 13.6. The molecule has 2 aromatic carbocycles. The van der Waals surface area contributed by atoms with Crippen molar-refractivity contribution in [1.82, 2.24) is 0 Å². The van der Waals surface area contributed by atoms with Gasteiger partial charge in [-0.15, -0.1) is 0 Å². The molecule has 0 heterocycles. The Balaban J connectivity index is 2.03. The van der Waals surface area contributed by atoms with Crippen molar-refractivity contribution in [1.29, 1.82) is 5.26 Å². The van der Waals surface area contributed by atoms with E-state index in [1.807, 2.05) is 18.2 Å². The third kappa shape index (κ3) is 8.03. The lowest BCUT2D eigenvalue weighted by Gasteiger charge is -2.15. The highest BCUT2D eigenvalue weighted by molar-refractivity contribution is 14.1. The highest BCUT2D eigenvalue weighted by Gasteiger charge is 2.16. The third-order valence-corrected chi connectivity index (χ3v) is 5.61. The van der Waals surface area contributed by atoms with Crippen molar-refractivity contribution >= 4 is 38.4 Å². The Hall–Kier alpha value is -2.12. The van der Waals surface area contributed by atoms with Crippen molar-refractivity contribution in [3.63, 3.8) is 0 Å². The molecular weight excluding hydrogens is 503 g/mol. The predicted molar refractivity (Wildman–Crippen MR) is 122 cm³/mol. The topological polar surface area (TPSA) is 88.8 Å². The van der Waals surface area contributed by atoms with E-state index >= 15 is 0 Å². The van der Waals surface area contributed by atoms with Crippen LogP contribution in [0.5, 0.6) is 5.75 Å². The molecule has 2 rings (SSSR count). The average molecular weight is 526 g/mol. The van der Waals surface area contributed by atoms with Crippen LogP contribution in [-0.2, 0) is 26.6 Å². The van der Waals surface area contributed by atoms with E-state index in [0.717, 1.165) is 18.4 Å². The van der Waals surface area contributed by atoms with Gasteiger partial charge in [-0.05, 0) is 48.2 Å². The van der Waals surface area contributed by atoms with E-state index < -0.39 is 10.1 Å². The Labute approximate surface area is 185 Å². The van der Waals surface area contributed by atoms with Crippen LogP contribution < -0.4 is 4.74 Å². The van der Waals surface area contributed by atoms with E-state index in [0.29, 0.717) is 16.9 Å². The molecule has 8 heteroatoms. The van der Waals surface area contributed by atoms with E-state index in [9.17, 15) is 13.7 Å². The summed E-state index contributed by atoms with van der Waals surface area (Å²) in [6, 6.07) is 15.7. The molecule has 0 aromatic heterocycles. The minimum atomic E-state index is -3.97. The normalized spacial score (nSPS) is 12.3. The SMILES string of the molecule is COc1ccc(C(C#N)=NOS(=O)(=O)Cc2ccc(CCC(C)(C)I)cc2)cc1. The van der Waals surface area contributed by atoms with Crippen molar-refractivity contribution < 1.29 is 17.4 Å². The summed E-state index contributed by atoms with van der Waals surface area (Å²) in [7, 11) is -2.44. The number of oxime groups is 1. The fourth-order valence-corrected chi connectivity index (χ4v) is 3.57. The zero-order valence-corrected chi connectivity index (χ0v) is 19.5. The lowest BCUT2D eigenvalue weighted by molar-refractivity contribution is 0.339.